The van der Waals surface area contributed by atoms with Gasteiger partial charge in [0.25, 0.3) is 0 Å². The Morgan fingerprint density at radius 2 is 1.81 bits per heavy atom. The lowest BCUT2D eigenvalue weighted by Crippen LogP contribution is -2.19. The average Bonchev–Trinajstić information content (AvgIpc) is 2.49. The Morgan fingerprint density at radius 3 is 2.33 bits per heavy atom. The molecule has 0 aromatic heterocycles. The highest BCUT2D eigenvalue weighted by molar-refractivity contribution is 5.87. The monoisotopic (exact) mass is 288 g/mol. The molecule has 1 aliphatic carbocycles. The van der Waals surface area contributed by atoms with Crippen LogP contribution in [-0.2, 0) is 4.79 Å². The average molecular weight is 288 g/mol. The molecule has 3 heteroatoms. The molecule has 0 atom stereocenters. The van der Waals surface area contributed by atoms with E-state index < -0.39 is 5.97 Å². The molecule has 1 aromatic carbocycles. The number of hydrogen-bond acceptors (Lipinski definition) is 1. The third-order valence-electron chi connectivity index (χ3n) is 4.22. The normalized spacial score (nSPS) is 23.4. The number of halogens is 1. The highest BCUT2D eigenvalue weighted by Gasteiger charge is 2.27. The van der Waals surface area contributed by atoms with Gasteiger partial charge in [-0.1, -0.05) is 30.4 Å². The van der Waals surface area contributed by atoms with Gasteiger partial charge in [0.15, 0.2) is 0 Å². The molecule has 21 heavy (non-hydrogen) atoms. The van der Waals surface area contributed by atoms with Gasteiger partial charge in [-0.3, -0.25) is 0 Å². The Kier molecular flexibility index (Phi) is 5.32. The predicted molar refractivity (Wildman–Crippen MR) is 81.6 cm³/mol. The number of carboxylic acid groups (broad SMARTS) is 1. The standard InChI is InChI=1S/C18H21FO2/c1-2-3-4-17(18(20)21)15-7-5-13(6-8-15)14-9-11-16(19)12-10-14/h2-4,9-13,15H,5-8H2,1H3,(H,20,21)/b3-2+,17-4+. The van der Waals surface area contributed by atoms with Crippen molar-refractivity contribution in [3.8, 4) is 0 Å². The number of hydrogen-bond donors (Lipinski definition) is 1. The quantitative estimate of drug-likeness (QED) is 0.645. The van der Waals surface area contributed by atoms with Crippen LogP contribution in [0.2, 0.25) is 0 Å². The molecule has 1 saturated carbocycles. The molecule has 0 aliphatic heterocycles. The first kappa shape index (κ1) is 15.5. The van der Waals surface area contributed by atoms with Gasteiger partial charge in [-0.2, -0.15) is 0 Å². The fraction of sp³-hybridized carbons (Fsp3) is 0.389. The van der Waals surface area contributed by atoms with E-state index in [0.717, 1.165) is 31.2 Å². The molecule has 0 bridgehead atoms. The summed E-state index contributed by atoms with van der Waals surface area (Å²) in [5.41, 5.74) is 1.66. The number of carboxylic acids is 1. The maximum absolute atomic E-state index is 12.9. The Bertz CT molecular complexity index is 535. The maximum atomic E-state index is 12.9. The van der Waals surface area contributed by atoms with Crippen LogP contribution in [-0.4, -0.2) is 11.1 Å². The number of aliphatic carboxylic acids is 1. The van der Waals surface area contributed by atoms with Crippen LogP contribution in [0.5, 0.6) is 0 Å². The summed E-state index contributed by atoms with van der Waals surface area (Å²) < 4.78 is 12.9. The smallest absolute Gasteiger partial charge is 0.331 e. The van der Waals surface area contributed by atoms with E-state index in [9.17, 15) is 14.3 Å². The van der Waals surface area contributed by atoms with Crippen LogP contribution in [0.1, 0.15) is 44.1 Å². The van der Waals surface area contributed by atoms with Crippen molar-refractivity contribution in [2.45, 2.75) is 38.5 Å². The van der Waals surface area contributed by atoms with E-state index in [-0.39, 0.29) is 11.7 Å². The minimum Gasteiger partial charge on any atom is -0.478 e. The van der Waals surface area contributed by atoms with E-state index >= 15 is 0 Å². The van der Waals surface area contributed by atoms with Gasteiger partial charge in [-0.25, -0.2) is 9.18 Å². The maximum Gasteiger partial charge on any atom is 0.331 e. The van der Waals surface area contributed by atoms with E-state index in [1.165, 1.54) is 12.1 Å². The summed E-state index contributed by atoms with van der Waals surface area (Å²) in [5, 5.41) is 9.32. The Labute approximate surface area is 125 Å². The van der Waals surface area contributed by atoms with Crippen molar-refractivity contribution < 1.29 is 14.3 Å². The van der Waals surface area contributed by atoms with E-state index in [1.807, 2.05) is 25.1 Å². The van der Waals surface area contributed by atoms with Crippen LogP contribution in [0, 0.1) is 11.7 Å². The van der Waals surface area contributed by atoms with Crippen molar-refractivity contribution in [1.82, 2.24) is 0 Å². The van der Waals surface area contributed by atoms with Crippen LogP contribution in [0.3, 0.4) is 0 Å². The van der Waals surface area contributed by atoms with Crippen LogP contribution in [0.4, 0.5) is 4.39 Å². The van der Waals surface area contributed by atoms with Crippen molar-refractivity contribution in [1.29, 1.82) is 0 Å². The molecule has 0 saturated heterocycles. The van der Waals surface area contributed by atoms with Gasteiger partial charge in [0.05, 0.1) is 0 Å². The van der Waals surface area contributed by atoms with Crippen molar-refractivity contribution in [3.05, 3.63) is 59.4 Å². The first-order chi connectivity index (χ1) is 10.1. The van der Waals surface area contributed by atoms with Gasteiger partial charge in [0.2, 0.25) is 0 Å². The Morgan fingerprint density at radius 1 is 1.19 bits per heavy atom. The molecular weight excluding hydrogens is 267 g/mol. The Hall–Kier alpha value is -1.90. The third kappa shape index (κ3) is 4.03. The zero-order chi connectivity index (χ0) is 15.2. The topological polar surface area (TPSA) is 37.3 Å². The third-order valence-corrected chi connectivity index (χ3v) is 4.22. The SMILES string of the molecule is C/C=C/C=C(/C(=O)O)C1CCC(c2ccc(F)cc2)CC1. The van der Waals surface area contributed by atoms with Crippen LogP contribution >= 0.6 is 0 Å². The highest BCUT2D eigenvalue weighted by Crippen LogP contribution is 2.38. The van der Waals surface area contributed by atoms with Crippen molar-refractivity contribution in [2.75, 3.05) is 0 Å². The first-order valence-electron chi connectivity index (χ1n) is 7.43. The summed E-state index contributed by atoms with van der Waals surface area (Å²) in [6, 6.07) is 6.67. The summed E-state index contributed by atoms with van der Waals surface area (Å²) >= 11 is 0. The molecule has 0 amide bonds. The minimum atomic E-state index is -0.821. The zero-order valence-electron chi connectivity index (χ0n) is 12.3. The molecule has 0 heterocycles. The van der Waals surface area contributed by atoms with E-state index in [1.54, 1.807) is 12.2 Å². The number of rotatable bonds is 4. The summed E-state index contributed by atoms with van der Waals surface area (Å²) in [6.45, 7) is 1.88. The van der Waals surface area contributed by atoms with Crippen LogP contribution in [0.25, 0.3) is 0 Å². The molecule has 1 aliphatic rings. The van der Waals surface area contributed by atoms with Crippen LogP contribution < -0.4 is 0 Å². The van der Waals surface area contributed by atoms with E-state index in [2.05, 4.69) is 0 Å². The van der Waals surface area contributed by atoms with Crippen molar-refractivity contribution in [2.24, 2.45) is 5.92 Å². The summed E-state index contributed by atoms with van der Waals surface area (Å²) in [4.78, 5) is 11.3. The molecule has 1 aromatic rings. The lowest BCUT2D eigenvalue weighted by atomic mass is 9.76. The number of benzene rings is 1. The molecular formula is C18H21FO2. The molecule has 2 rings (SSSR count). The molecule has 1 N–H and O–H groups in total. The summed E-state index contributed by atoms with van der Waals surface area (Å²) in [7, 11) is 0. The van der Waals surface area contributed by atoms with E-state index in [4.69, 9.17) is 0 Å². The van der Waals surface area contributed by atoms with Crippen molar-refractivity contribution >= 4 is 5.97 Å². The second-order valence-electron chi connectivity index (χ2n) is 5.55. The summed E-state index contributed by atoms with van der Waals surface area (Å²) in [5.74, 6) is -0.498. The second-order valence-corrected chi connectivity index (χ2v) is 5.55. The molecule has 0 radical (unpaired) electrons. The molecule has 0 unspecified atom stereocenters. The second kappa shape index (κ2) is 7.21. The summed E-state index contributed by atoms with van der Waals surface area (Å²) in [6.07, 6.45) is 9.00. The largest absolute Gasteiger partial charge is 0.478 e. The van der Waals surface area contributed by atoms with Crippen LogP contribution in [0.15, 0.2) is 48.1 Å². The number of carbonyl (C=O) groups is 1. The Balaban J connectivity index is 2.02. The lowest BCUT2D eigenvalue weighted by molar-refractivity contribution is -0.133. The molecule has 2 nitrogen and oxygen atoms in total. The fourth-order valence-corrected chi connectivity index (χ4v) is 3.05. The van der Waals surface area contributed by atoms with Gasteiger partial charge in [-0.05, 0) is 62.1 Å². The predicted octanol–water partition coefficient (Wildman–Crippen LogP) is 4.69. The first-order valence-corrected chi connectivity index (χ1v) is 7.43. The molecule has 1 fully saturated rings. The van der Waals surface area contributed by atoms with E-state index in [0.29, 0.717) is 11.5 Å². The molecule has 112 valence electrons. The number of allylic oxidation sites excluding steroid dienone is 3. The van der Waals surface area contributed by atoms with Gasteiger partial charge in [0, 0.05) is 5.57 Å². The van der Waals surface area contributed by atoms with Gasteiger partial charge >= 0.3 is 5.97 Å². The van der Waals surface area contributed by atoms with Gasteiger partial charge in [0.1, 0.15) is 5.82 Å². The van der Waals surface area contributed by atoms with Gasteiger partial charge in [-0.15, -0.1) is 0 Å². The highest BCUT2D eigenvalue weighted by atomic mass is 19.1. The lowest BCUT2D eigenvalue weighted by Gasteiger charge is -2.29. The van der Waals surface area contributed by atoms with Gasteiger partial charge < -0.3 is 5.11 Å². The minimum absolute atomic E-state index is 0.121. The molecule has 0 spiro atoms. The van der Waals surface area contributed by atoms with Crippen molar-refractivity contribution in [3.63, 3.8) is 0 Å². The zero-order valence-corrected chi connectivity index (χ0v) is 12.3. The fourth-order valence-electron chi connectivity index (χ4n) is 3.05.